The predicted octanol–water partition coefficient (Wildman–Crippen LogP) is 1.03. The van der Waals surface area contributed by atoms with Crippen molar-refractivity contribution in [3.05, 3.63) is 0 Å². The molecule has 3 heteroatoms. The molecule has 2 saturated heterocycles. The fourth-order valence-corrected chi connectivity index (χ4v) is 3.13. The minimum Gasteiger partial charge on any atom is -0.316 e. The summed E-state index contributed by atoms with van der Waals surface area (Å²) in [4.78, 5) is 2.63. The molecule has 2 heterocycles. The van der Waals surface area contributed by atoms with Gasteiger partial charge in [-0.2, -0.15) is 11.8 Å². The molecule has 1 atom stereocenters. The molecule has 76 valence electrons. The fourth-order valence-electron chi connectivity index (χ4n) is 2.15. The second kappa shape index (κ2) is 5.23. The predicted molar refractivity (Wildman–Crippen MR) is 59.4 cm³/mol. The van der Waals surface area contributed by atoms with Gasteiger partial charge in [-0.05, 0) is 38.4 Å². The molecular weight excluding hydrogens is 180 g/mol. The van der Waals surface area contributed by atoms with E-state index in [9.17, 15) is 0 Å². The molecule has 2 nitrogen and oxygen atoms in total. The van der Waals surface area contributed by atoms with Crippen molar-refractivity contribution in [3.63, 3.8) is 0 Å². The Morgan fingerprint density at radius 2 is 2.15 bits per heavy atom. The lowest BCUT2D eigenvalue weighted by molar-refractivity contribution is 0.278. The Labute approximate surface area is 85.4 Å². The molecule has 0 aromatic carbocycles. The molecule has 0 saturated carbocycles. The van der Waals surface area contributed by atoms with Crippen LogP contribution in [0.4, 0.5) is 0 Å². The van der Waals surface area contributed by atoms with Gasteiger partial charge in [0.15, 0.2) is 0 Å². The Bertz CT molecular complexity index is 140. The Hall–Kier alpha value is 0.270. The highest BCUT2D eigenvalue weighted by atomic mass is 32.2. The Morgan fingerprint density at radius 1 is 1.31 bits per heavy atom. The molecule has 13 heavy (non-hydrogen) atoms. The highest BCUT2D eigenvalue weighted by molar-refractivity contribution is 7.99. The summed E-state index contributed by atoms with van der Waals surface area (Å²) in [6.07, 6.45) is 2.82. The smallest absolute Gasteiger partial charge is 0.00727 e. The average Bonchev–Trinajstić information content (AvgIpc) is 2.69. The third-order valence-corrected chi connectivity index (χ3v) is 4.06. The van der Waals surface area contributed by atoms with Gasteiger partial charge in [0.05, 0.1) is 0 Å². The van der Waals surface area contributed by atoms with Gasteiger partial charge in [-0.1, -0.05) is 0 Å². The molecule has 0 spiro atoms. The molecule has 0 bridgehead atoms. The van der Waals surface area contributed by atoms with Gasteiger partial charge in [0.2, 0.25) is 0 Å². The molecular formula is C10H20N2S. The van der Waals surface area contributed by atoms with Crippen molar-refractivity contribution in [1.82, 2.24) is 10.2 Å². The van der Waals surface area contributed by atoms with E-state index >= 15 is 0 Å². The van der Waals surface area contributed by atoms with Crippen LogP contribution in [-0.4, -0.2) is 49.1 Å². The van der Waals surface area contributed by atoms with E-state index in [2.05, 4.69) is 22.0 Å². The van der Waals surface area contributed by atoms with Crippen LogP contribution < -0.4 is 5.32 Å². The summed E-state index contributed by atoms with van der Waals surface area (Å²) in [6.45, 7) is 6.51. The second-order valence-electron chi connectivity index (χ2n) is 4.10. The van der Waals surface area contributed by atoms with E-state index in [4.69, 9.17) is 0 Å². The molecule has 2 rings (SSSR count). The van der Waals surface area contributed by atoms with Crippen molar-refractivity contribution >= 4 is 11.8 Å². The highest BCUT2D eigenvalue weighted by Gasteiger charge is 2.16. The number of rotatable bonds is 3. The van der Waals surface area contributed by atoms with Crippen LogP contribution in [0.15, 0.2) is 0 Å². The van der Waals surface area contributed by atoms with Gasteiger partial charge in [-0.15, -0.1) is 0 Å². The molecule has 1 unspecified atom stereocenters. The van der Waals surface area contributed by atoms with E-state index < -0.39 is 0 Å². The molecule has 2 aliphatic rings. The Balaban J connectivity index is 1.60. The standard InChI is InChI=1S/C10H20N2S/c1-3-11-9-10(1)2-4-12-5-7-13-8-6-12/h10-11H,1-9H2. The van der Waals surface area contributed by atoms with Gasteiger partial charge in [0, 0.05) is 24.6 Å². The molecule has 2 aliphatic heterocycles. The maximum absolute atomic E-state index is 3.44. The summed E-state index contributed by atoms with van der Waals surface area (Å²) in [5.74, 6) is 3.67. The summed E-state index contributed by atoms with van der Waals surface area (Å²) >= 11 is 2.10. The number of hydrogen-bond donors (Lipinski definition) is 1. The van der Waals surface area contributed by atoms with Crippen molar-refractivity contribution < 1.29 is 0 Å². The zero-order valence-electron chi connectivity index (χ0n) is 8.30. The molecule has 0 radical (unpaired) electrons. The SMILES string of the molecule is C1CC(CCN2CCSCC2)CN1. The third kappa shape index (κ3) is 3.15. The van der Waals surface area contributed by atoms with Crippen molar-refractivity contribution in [3.8, 4) is 0 Å². The van der Waals surface area contributed by atoms with Crippen LogP contribution in [0.1, 0.15) is 12.8 Å². The van der Waals surface area contributed by atoms with E-state index in [1.165, 1.54) is 57.1 Å². The van der Waals surface area contributed by atoms with Crippen molar-refractivity contribution in [2.45, 2.75) is 12.8 Å². The highest BCUT2D eigenvalue weighted by Crippen LogP contribution is 2.15. The van der Waals surface area contributed by atoms with Crippen molar-refractivity contribution in [2.24, 2.45) is 5.92 Å². The quantitative estimate of drug-likeness (QED) is 0.733. The molecule has 2 fully saturated rings. The zero-order valence-corrected chi connectivity index (χ0v) is 9.11. The molecule has 0 aromatic heterocycles. The monoisotopic (exact) mass is 200 g/mol. The van der Waals surface area contributed by atoms with E-state index in [1.54, 1.807) is 0 Å². The number of hydrogen-bond acceptors (Lipinski definition) is 3. The summed E-state index contributed by atoms with van der Waals surface area (Å²) in [7, 11) is 0. The summed E-state index contributed by atoms with van der Waals surface area (Å²) < 4.78 is 0. The van der Waals surface area contributed by atoms with Crippen molar-refractivity contribution in [2.75, 3.05) is 44.2 Å². The summed E-state index contributed by atoms with van der Waals surface area (Å²) in [5, 5.41) is 3.44. The first-order valence-corrected chi connectivity index (χ1v) is 6.61. The van der Waals surface area contributed by atoms with Crippen molar-refractivity contribution in [1.29, 1.82) is 0 Å². The number of thioether (sulfide) groups is 1. The van der Waals surface area contributed by atoms with Gasteiger partial charge < -0.3 is 10.2 Å². The zero-order chi connectivity index (χ0) is 8.93. The first kappa shape index (κ1) is 9.81. The van der Waals surface area contributed by atoms with Gasteiger partial charge in [0.25, 0.3) is 0 Å². The molecule has 0 aromatic rings. The van der Waals surface area contributed by atoms with Crippen LogP contribution in [-0.2, 0) is 0 Å². The largest absolute Gasteiger partial charge is 0.316 e. The van der Waals surface area contributed by atoms with Crippen LogP contribution in [0.2, 0.25) is 0 Å². The van der Waals surface area contributed by atoms with Gasteiger partial charge in [-0.3, -0.25) is 0 Å². The van der Waals surface area contributed by atoms with Crippen LogP contribution in [0.5, 0.6) is 0 Å². The van der Waals surface area contributed by atoms with E-state index in [0.717, 1.165) is 5.92 Å². The lowest BCUT2D eigenvalue weighted by Gasteiger charge is -2.26. The summed E-state index contributed by atoms with van der Waals surface area (Å²) in [6, 6.07) is 0. The summed E-state index contributed by atoms with van der Waals surface area (Å²) in [5.41, 5.74) is 0. The van der Waals surface area contributed by atoms with Crippen LogP contribution in [0.3, 0.4) is 0 Å². The van der Waals surface area contributed by atoms with E-state index in [0.29, 0.717) is 0 Å². The first-order chi connectivity index (χ1) is 6.45. The third-order valence-electron chi connectivity index (χ3n) is 3.12. The van der Waals surface area contributed by atoms with Gasteiger partial charge in [0.1, 0.15) is 0 Å². The second-order valence-corrected chi connectivity index (χ2v) is 5.33. The minimum atomic E-state index is 0.967. The van der Waals surface area contributed by atoms with Gasteiger partial charge in [-0.25, -0.2) is 0 Å². The first-order valence-electron chi connectivity index (χ1n) is 5.46. The number of nitrogens with one attached hydrogen (secondary N) is 1. The number of nitrogens with zero attached hydrogens (tertiary/aromatic N) is 1. The lowest BCUT2D eigenvalue weighted by atomic mass is 10.1. The maximum atomic E-state index is 3.44. The Morgan fingerprint density at radius 3 is 2.85 bits per heavy atom. The lowest BCUT2D eigenvalue weighted by Crippen LogP contribution is -2.34. The van der Waals surface area contributed by atoms with Crippen LogP contribution in [0, 0.1) is 5.92 Å². The van der Waals surface area contributed by atoms with E-state index in [1.807, 2.05) is 0 Å². The Kier molecular flexibility index (Phi) is 3.94. The normalized spacial score (nSPS) is 30.9. The van der Waals surface area contributed by atoms with Crippen LogP contribution >= 0.6 is 11.8 Å². The molecule has 0 amide bonds. The average molecular weight is 200 g/mol. The molecule has 0 aliphatic carbocycles. The maximum Gasteiger partial charge on any atom is 0.00727 e. The fraction of sp³-hybridized carbons (Fsp3) is 1.00. The van der Waals surface area contributed by atoms with E-state index in [-0.39, 0.29) is 0 Å². The van der Waals surface area contributed by atoms with Crippen LogP contribution in [0.25, 0.3) is 0 Å². The topological polar surface area (TPSA) is 15.3 Å². The van der Waals surface area contributed by atoms with Gasteiger partial charge >= 0.3 is 0 Å². The minimum absolute atomic E-state index is 0.967. The molecule has 1 N–H and O–H groups in total.